The van der Waals surface area contributed by atoms with Gasteiger partial charge in [0, 0.05) is 31.5 Å². The Morgan fingerprint density at radius 1 is 1.33 bits per heavy atom. The van der Waals surface area contributed by atoms with E-state index in [0.717, 1.165) is 0 Å². The van der Waals surface area contributed by atoms with Crippen LogP contribution in [0.4, 0.5) is 4.79 Å². The second-order valence-electron chi connectivity index (χ2n) is 5.45. The molecule has 8 heteroatoms. The molecule has 1 fully saturated rings. The summed E-state index contributed by atoms with van der Waals surface area (Å²) in [6.45, 7) is 3.13. The molecule has 1 saturated heterocycles. The molecule has 1 aliphatic rings. The molecular weight excluding hydrogens is 312 g/mol. The third kappa shape index (κ3) is 5.22. The van der Waals surface area contributed by atoms with Crippen molar-refractivity contribution in [3.05, 3.63) is 30.1 Å². The number of amides is 3. The van der Waals surface area contributed by atoms with Crippen LogP contribution in [0.2, 0.25) is 0 Å². The Hall–Kier alpha value is -2.64. The molecule has 2 N–H and O–H groups in total. The van der Waals surface area contributed by atoms with E-state index in [1.165, 1.54) is 6.20 Å². The van der Waals surface area contributed by atoms with Gasteiger partial charge in [0.05, 0.1) is 18.7 Å². The Morgan fingerprint density at radius 3 is 2.71 bits per heavy atom. The van der Waals surface area contributed by atoms with E-state index in [-0.39, 0.29) is 30.5 Å². The molecule has 24 heavy (non-hydrogen) atoms. The van der Waals surface area contributed by atoms with Crippen molar-refractivity contribution in [2.24, 2.45) is 0 Å². The van der Waals surface area contributed by atoms with E-state index < -0.39 is 0 Å². The number of nitrogens with zero attached hydrogens (tertiary/aromatic N) is 2. The minimum absolute atomic E-state index is 0.00142. The summed E-state index contributed by atoms with van der Waals surface area (Å²) in [7, 11) is 0. The molecule has 0 aromatic carbocycles. The molecule has 8 nitrogen and oxygen atoms in total. The first kappa shape index (κ1) is 17.7. The first-order valence-corrected chi connectivity index (χ1v) is 7.99. The highest BCUT2D eigenvalue weighted by atomic mass is 16.6. The first-order valence-electron chi connectivity index (χ1n) is 7.99. The number of rotatable bonds is 5. The van der Waals surface area contributed by atoms with Gasteiger partial charge in [-0.05, 0) is 31.9 Å². The fourth-order valence-electron chi connectivity index (χ4n) is 2.46. The highest BCUT2D eigenvalue weighted by Gasteiger charge is 2.24. The van der Waals surface area contributed by atoms with Gasteiger partial charge in [-0.15, -0.1) is 0 Å². The van der Waals surface area contributed by atoms with Crippen LogP contribution in [0.25, 0.3) is 0 Å². The number of aromatic nitrogens is 1. The molecule has 1 aromatic heterocycles. The molecule has 0 unspecified atom stereocenters. The van der Waals surface area contributed by atoms with Gasteiger partial charge in [0.2, 0.25) is 5.91 Å². The van der Waals surface area contributed by atoms with Crippen LogP contribution in [0.15, 0.2) is 24.5 Å². The average Bonchev–Trinajstić information content (AvgIpc) is 2.61. The number of nitrogens with one attached hydrogen (secondary N) is 2. The van der Waals surface area contributed by atoms with Gasteiger partial charge >= 0.3 is 6.09 Å². The Labute approximate surface area is 140 Å². The van der Waals surface area contributed by atoms with Crippen LogP contribution in [0.5, 0.6) is 0 Å². The van der Waals surface area contributed by atoms with Gasteiger partial charge in [-0.2, -0.15) is 0 Å². The minimum Gasteiger partial charge on any atom is -0.450 e. The molecule has 0 radical (unpaired) electrons. The number of piperidine rings is 1. The predicted molar refractivity (Wildman–Crippen MR) is 86.3 cm³/mol. The monoisotopic (exact) mass is 334 g/mol. The summed E-state index contributed by atoms with van der Waals surface area (Å²) in [5, 5.41) is 5.43. The molecule has 1 aromatic rings. The summed E-state index contributed by atoms with van der Waals surface area (Å²) in [6, 6.07) is 3.29. The fraction of sp³-hybridized carbons (Fsp3) is 0.500. The Morgan fingerprint density at radius 2 is 2.08 bits per heavy atom. The van der Waals surface area contributed by atoms with Crippen LogP contribution < -0.4 is 10.6 Å². The van der Waals surface area contributed by atoms with Crippen LogP contribution in [0.1, 0.15) is 30.1 Å². The van der Waals surface area contributed by atoms with Gasteiger partial charge < -0.3 is 20.3 Å². The van der Waals surface area contributed by atoms with Crippen molar-refractivity contribution in [3.63, 3.8) is 0 Å². The van der Waals surface area contributed by atoms with E-state index in [1.807, 2.05) is 0 Å². The second-order valence-corrected chi connectivity index (χ2v) is 5.45. The number of pyridine rings is 1. The van der Waals surface area contributed by atoms with Crippen LogP contribution >= 0.6 is 0 Å². The van der Waals surface area contributed by atoms with Crippen LogP contribution in [0, 0.1) is 0 Å². The number of likely N-dealkylation sites (tertiary alicyclic amines) is 1. The van der Waals surface area contributed by atoms with Gasteiger partial charge in [-0.3, -0.25) is 14.6 Å². The summed E-state index contributed by atoms with van der Waals surface area (Å²) in [4.78, 5) is 40.8. The summed E-state index contributed by atoms with van der Waals surface area (Å²) < 4.78 is 4.95. The zero-order valence-corrected chi connectivity index (χ0v) is 13.7. The maximum Gasteiger partial charge on any atom is 0.409 e. The topological polar surface area (TPSA) is 101 Å². The number of carbonyl (C=O) groups is 3. The van der Waals surface area contributed by atoms with Crippen molar-refractivity contribution in [1.82, 2.24) is 20.5 Å². The van der Waals surface area contributed by atoms with Gasteiger partial charge in [-0.1, -0.05) is 0 Å². The van der Waals surface area contributed by atoms with Crippen LogP contribution in [-0.2, 0) is 9.53 Å². The molecule has 0 aliphatic carbocycles. The molecular formula is C16H22N4O4. The number of carbonyl (C=O) groups excluding carboxylic acids is 3. The van der Waals surface area contributed by atoms with E-state index in [2.05, 4.69) is 15.6 Å². The van der Waals surface area contributed by atoms with E-state index in [0.29, 0.717) is 38.1 Å². The van der Waals surface area contributed by atoms with E-state index in [4.69, 9.17) is 4.74 Å². The quantitative estimate of drug-likeness (QED) is 0.819. The Balaban J connectivity index is 1.68. The Bertz CT molecular complexity index is 571. The summed E-state index contributed by atoms with van der Waals surface area (Å²) >= 11 is 0. The number of hydrogen-bond acceptors (Lipinski definition) is 5. The minimum atomic E-state index is -0.338. The zero-order valence-electron chi connectivity index (χ0n) is 13.7. The molecule has 2 heterocycles. The molecule has 0 saturated carbocycles. The fourth-order valence-corrected chi connectivity index (χ4v) is 2.46. The molecule has 0 spiro atoms. The lowest BCUT2D eigenvalue weighted by molar-refractivity contribution is -0.121. The maximum absolute atomic E-state index is 11.9. The Kier molecular flexibility index (Phi) is 6.53. The van der Waals surface area contributed by atoms with Crippen molar-refractivity contribution in [2.45, 2.75) is 25.8 Å². The van der Waals surface area contributed by atoms with Crippen molar-refractivity contribution in [1.29, 1.82) is 0 Å². The first-order chi connectivity index (χ1) is 11.6. The highest BCUT2D eigenvalue weighted by molar-refractivity contribution is 5.96. The highest BCUT2D eigenvalue weighted by Crippen LogP contribution is 2.11. The van der Waals surface area contributed by atoms with Gasteiger partial charge in [0.1, 0.15) is 0 Å². The van der Waals surface area contributed by atoms with Gasteiger partial charge in [0.25, 0.3) is 5.91 Å². The summed E-state index contributed by atoms with van der Waals surface area (Å²) in [5.74, 6) is -0.586. The normalized spacial score (nSPS) is 14.8. The number of hydrogen-bond donors (Lipinski definition) is 2. The lowest BCUT2D eigenvalue weighted by Gasteiger charge is -2.31. The SMILES string of the molecule is CCOC(=O)N1CCC(NC(=O)CNC(=O)c2cccnc2)CC1. The number of ether oxygens (including phenoxy) is 1. The molecule has 130 valence electrons. The van der Waals surface area contributed by atoms with E-state index >= 15 is 0 Å². The molecule has 0 bridgehead atoms. The lowest BCUT2D eigenvalue weighted by atomic mass is 10.1. The largest absolute Gasteiger partial charge is 0.450 e. The predicted octanol–water partition coefficient (Wildman–Crippen LogP) is 0.549. The zero-order chi connectivity index (χ0) is 17.4. The van der Waals surface area contributed by atoms with E-state index in [9.17, 15) is 14.4 Å². The summed E-state index contributed by atoms with van der Waals surface area (Å²) in [5.41, 5.74) is 0.410. The average molecular weight is 334 g/mol. The molecule has 1 aliphatic heterocycles. The third-order valence-electron chi connectivity index (χ3n) is 3.72. The lowest BCUT2D eigenvalue weighted by Crippen LogP contribution is -2.48. The third-order valence-corrected chi connectivity index (χ3v) is 3.72. The van der Waals surface area contributed by atoms with Gasteiger partial charge in [-0.25, -0.2) is 4.79 Å². The maximum atomic E-state index is 11.9. The smallest absolute Gasteiger partial charge is 0.409 e. The van der Waals surface area contributed by atoms with Crippen molar-refractivity contribution in [2.75, 3.05) is 26.2 Å². The molecule has 2 rings (SSSR count). The van der Waals surface area contributed by atoms with Crippen molar-refractivity contribution in [3.8, 4) is 0 Å². The van der Waals surface area contributed by atoms with Crippen molar-refractivity contribution < 1.29 is 19.1 Å². The van der Waals surface area contributed by atoms with Crippen LogP contribution in [0.3, 0.4) is 0 Å². The standard InChI is InChI=1S/C16H22N4O4/c1-2-24-16(23)20-8-5-13(6-9-20)19-14(21)11-18-15(22)12-4-3-7-17-10-12/h3-4,7,10,13H,2,5-6,8-9,11H2,1H3,(H,18,22)(H,19,21). The van der Waals surface area contributed by atoms with Crippen molar-refractivity contribution >= 4 is 17.9 Å². The van der Waals surface area contributed by atoms with Gasteiger partial charge in [0.15, 0.2) is 0 Å². The molecule has 0 atom stereocenters. The van der Waals surface area contributed by atoms with E-state index in [1.54, 1.807) is 30.2 Å². The summed E-state index contributed by atoms with van der Waals surface area (Å²) in [6.07, 6.45) is 4.04. The van der Waals surface area contributed by atoms with Crippen LogP contribution in [-0.4, -0.2) is 60.1 Å². The second kappa shape index (κ2) is 8.85. The molecule has 3 amide bonds.